The highest BCUT2D eigenvalue weighted by atomic mass is 19.4. The minimum Gasteiger partial charge on any atom is -0.465 e. The fourth-order valence-corrected chi connectivity index (χ4v) is 3.43. The van der Waals surface area contributed by atoms with Gasteiger partial charge in [-0.15, -0.1) is 0 Å². The minimum atomic E-state index is -4.54. The van der Waals surface area contributed by atoms with Gasteiger partial charge in [0.1, 0.15) is 5.76 Å². The Balaban J connectivity index is 2.01. The van der Waals surface area contributed by atoms with Gasteiger partial charge in [0.15, 0.2) is 5.43 Å². The summed E-state index contributed by atoms with van der Waals surface area (Å²) >= 11 is 0. The number of carbonyl (C=O) groups excluding carboxylic acids is 1. The number of benzene rings is 2. The van der Waals surface area contributed by atoms with Crippen molar-refractivity contribution in [3.05, 3.63) is 82.1 Å². The van der Waals surface area contributed by atoms with Crippen molar-refractivity contribution in [3.8, 4) is 22.5 Å². The zero-order valence-corrected chi connectivity index (χ0v) is 16.5. The van der Waals surface area contributed by atoms with Crippen LogP contribution in [0.3, 0.4) is 0 Å². The van der Waals surface area contributed by atoms with Crippen LogP contribution in [-0.4, -0.2) is 17.6 Å². The summed E-state index contributed by atoms with van der Waals surface area (Å²) in [7, 11) is 2.93. The zero-order valence-electron chi connectivity index (χ0n) is 16.5. The maximum Gasteiger partial charge on any atom is 0.416 e. The van der Waals surface area contributed by atoms with Gasteiger partial charge in [-0.05, 0) is 29.8 Å². The van der Waals surface area contributed by atoms with Crippen LogP contribution in [0.15, 0.2) is 70.0 Å². The standard InChI is InChI=1S/C23H16F3NO4/c1-27-11-10-17(28)19-18(15-4-3-5-16(12-15)23(24,25)26)20(31-21(19)27)13-6-8-14(9-7-13)22(29)30-2/h3-12H,1-2H3. The molecule has 8 heteroatoms. The predicted octanol–water partition coefficient (Wildman–Crippen LogP) is 5.27. The molecule has 0 radical (unpaired) electrons. The average Bonchev–Trinajstić information content (AvgIpc) is 3.17. The molecule has 0 saturated carbocycles. The third-order valence-electron chi connectivity index (χ3n) is 4.95. The van der Waals surface area contributed by atoms with Crippen molar-refractivity contribution in [1.29, 1.82) is 0 Å². The SMILES string of the molecule is COC(=O)c1ccc(-c2oc3c(c2-c2cccc(C(F)(F)F)c2)c(=O)ccn3C)cc1. The van der Waals surface area contributed by atoms with Crippen molar-refractivity contribution in [2.24, 2.45) is 7.05 Å². The van der Waals surface area contributed by atoms with Crippen molar-refractivity contribution >= 4 is 17.1 Å². The first-order valence-electron chi connectivity index (χ1n) is 9.19. The Hall–Kier alpha value is -3.81. The molecule has 2 aromatic heterocycles. The molecule has 2 aromatic carbocycles. The summed E-state index contributed by atoms with van der Waals surface area (Å²) in [5.41, 5.74) is 0.276. The quantitative estimate of drug-likeness (QED) is 0.418. The number of hydrogen-bond donors (Lipinski definition) is 0. The van der Waals surface area contributed by atoms with Gasteiger partial charge in [0, 0.05) is 30.4 Å². The second kappa shape index (κ2) is 7.46. The molecule has 5 nitrogen and oxygen atoms in total. The summed E-state index contributed by atoms with van der Waals surface area (Å²) in [6.07, 6.45) is -3.02. The zero-order chi connectivity index (χ0) is 22.3. The maximum absolute atomic E-state index is 13.3. The molecule has 0 spiro atoms. The van der Waals surface area contributed by atoms with Crippen LogP contribution < -0.4 is 5.43 Å². The molecule has 0 fully saturated rings. The van der Waals surface area contributed by atoms with E-state index in [-0.39, 0.29) is 33.4 Å². The van der Waals surface area contributed by atoms with E-state index in [2.05, 4.69) is 4.74 Å². The summed E-state index contributed by atoms with van der Waals surface area (Å²) in [5.74, 6) is -0.299. The van der Waals surface area contributed by atoms with Gasteiger partial charge in [-0.1, -0.05) is 24.3 Å². The van der Waals surface area contributed by atoms with E-state index in [0.717, 1.165) is 12.1 Å². The number of fused-ring (bicyclic) bond motifs is 1. The summed E-state index contributed by atoms with van der Waals surface area (Å²) in [6, 6.07) is 12.3. The number of nitrogens with zero attached hydrogens (tertiary/aromatic N) is 1. The number of halogens is 3. The molecule has 4 rings (SSSR count). The van der Waals surface area contributed by atoms with Gasteiger partial charge in [-0.3, -0.25) is 4.79 Å². The topological polar surface area (TPSA) is 61.4 Å². The number of rotatable bonds is 3. The number of aromatic nitrogens is 1. The first kappa shape index (κ1) is 20.5. The number of methoxy groups -OCH3 is 1. The fraction of sp³-hybridized carbons (Fsp3) is 0.130. The lowest BCUT2D eigenvalue weighted by atomic mass is 9.97. The van der Waals surface area contributed by atoms with E-state index in [4.69, 9.17) is 4.42 Å². The number of pyridine rings is 1. The average molecular weight is 427 g/mol. The van der Waals surface area contributed by atoms with Crippen LogP contribution in [0.5, 0.6) is 0 Å². The van der Waals surface area contributed by atoms with E-state index in [1.807, 2.05) is 0 Å². The number of esters is 1. The van der Waals surface area contributed by atoms with Crippen LogP contribution in [0, 0.1) is 0 Å². The van der Waals surface area contributed by atoms with E-state index < -0.39 is 17.7 Å². The number of ether oxygens (including phenoxy) is 1. The van der Waals surface area contributed by atoms with Crippen molar-refractivity contribution in [1.82, 2.24) is 4.57 Å². The predicted molar refractivity (Wildman–Crippen MR) is 109 cm³/mol. The molecule has 0 amide bonds. The Labute approximate surface area is 174 Å². The molecular weight excluding hydrogens is 411 g/mol. The second-order valence-corrected chi connectivity index (χ2v) is 6.92. The summed E-state index contributed by atoms with van der Waals surface area (Å²) in [5, 5.41) is 0.177. The Bertz CT molecular complexity index is 1350. The van der Waals surface area contributed by atoms with Crippen molar-refractivity contribution in [3.63, 3.8) is 0 Å². The normalized spacial score (nSPS) is 11.6. The molecular formula is C23H16F3NO4. The van der Waals surface area contributed by atoms with E-state index in [0.29, 0.717) is 11.1 Å². The van der Waals surface area contributed by atoms with E-state index in [1.165, 1.54) is 43.6 Å². The van der Waals surface area contributed by atoms with Crippen LogP contribution >= 0.6 is 0 Å². The summed E-state index contributed by atoms with van der Waals surface area (Å²) < 4.78 is 52.2. The van der Waals surface area contributed by atoms with Gasteiger partial charge in [-0.25, -0.2) is 4.79 Å². The second-order valence-electron chi connectivity index (χ2n) is 6.92. The Morgan fingerprint density at radius 1 is 1.03 bits per heavy atom. The van der Waals surface area contributed by atoms with Crippen LogP contribution in [0.25, 0.3) is 33.6 Å². The molecule has 0 aliphatic heterocycles. The monoisotopic (exact) mass is 427 g/mol. The lowest BCUT2D eigenvalue weighted by Gasteiger charge is -2.09. The first-order chi connectivity index (χ1) is 14.7. The molecule has 0 aliphatic rings. The third-order valence-corrected chi connectivity index (χ3v) is 4.95. The lowest BCUT2D eigenvalue weighted by molar-refractivity contribution is -0.137. The van der Waals surface area contributed by atoms with Crippen LogP contribution in [0.2, 0.25) is 0 Å². The van der Waals surface area contributed by atoms with Gasteiger partial charge in [0.2, 0.25) is 5.71 Å². The molecule has 0 saturated heterocycles. The van der Waals surface area contributed by atoms with Gasteiger partial charge >= 0.3 is 12.1 Å². The highest BCUT2D eigenvalue weighted by molar-refractivity contribution is 6.01. The Morgan fingerprint density at radius 3 is 2.39 bits per heavy atom. The molecule has 0 aliphatic carbocycles. The Kier molecular flexibility index (Phi) is 4.93. The van der Waals surface area contributed by atoms with Crippen LogP contribution in [0.1, 0.15) is 15.9 Å². The lowest BCUT2D eigenvalue weighted by Crippen LogP contribution is -2.06. The minimum absolute atomic E-state index is 0.177. The maximum atomic E-state index is 13.3. The summed E-state index contributed by atoms with van der Waals surface area (Å²) in [6.45, 7) is 0. The number of hydrogen-bond acceptors (Lipinski definition) is 4. The van der Waals surface area contributed by atoms with Crippen molar-refractivity contribution in [2.45, 2.75) is 6.18 Å². The highest BCUT2D eigenvalue weighted by Gasteiger charge is 2.31. The number of furan rings is 1. The number of alkyl halides is 3. The third kappa shape index (κ3) is 3.61. The largest absolute Gasteiger partial charge is 0.465 e. The van der Waals surface area contributed by atoms with Crippen molar-refractivity contribution < 1.29 is 27.1 Å². The van der Waals surface area contributed by atoms with Crippen LogP contribution in [-0.2, 0) is 18.0 Å². The molecule has 4 aromatic rings. The molecule has 0 unspecified atom stereocenters. The molecule has 0 bridgehead atoms. The van der Waals surface area contributed by atoms with Crippen molar-refractivity contribution in [2.75, 3.05) is 7.11 Å². The molecule has 2 heterocycles. The Morgan fingerprint density at radius 2 is 1.74 bits per heavy atom. The molecule has 0 N–H and O–H groups in total. The van der Waals surface area contributed by atoms with E-state index >= 15 is 0 Å². The van der Waals surface area contributed by atoms with Gasteiger partial charge in [0.05, 0.1) is 23.6 Å². The highest BCUT2D eigenvalue weighted by Crippen LogP contribution is 2.41. The number of carbonyl (C=O) groups is 1. The number of aryl methyl sites for hydroxylation is 1. The van der Waals surface area contributed by atoms with E-state index in [1.54, 1.807) is 23.7 Å². The van der Waals surface area contributed by atoms with Gasteiger partial charge in [0.25, 0.3) is 0 Å². The van der Waals surface area contributed by atoms with Gasteiger partial charge in [-0.2, -0.15) is 13.2 Å². The first-order valence-corrected chi connectivity index (χ1v) is 9.19. The fourth-order valence-electron chi connectivity index (χ4n) is 3.43. The van der Waals surface area contributed by atoms with E-state index in [9.17, 15) is 22.8 Å². The van der Waals surface area contributed by atoms with Crippen LogP contribution in [0.4, 0.5) is 13.2 Å². The summed E-state index contributed by atoms with van der Waals surface area (Å²) in [4.78, 5) is 24.4. The van der Waals surface area contributed by atoms with Gasteiger partial charge < -0.3 is 13.7 Å². The molecule has 158 valence electrons. The molecule has 31 heavy (non-hydrogen) atoms. The molecule has 0 atom stereocenters. The smallest absolute Gasteiger partial charge is 0.416 e.